The molecule has 0 saturated carbocycles. The monoisotopic (exact) mass is 207 g/mol. The Morgan fingerprint density at radius 1 is 1.33 bits per heavy atom. The molecule has 2 fully saturated rings. The minimum atomic E-state index is 0.854. The molecule has 2 saturated heterocycles. The largest absolute Gasteiger partial charge is 0.297 e. The van der Waals surface area contributed by atoms with E-state index in [1.165, 1.54) is 38.6 Å². The van der Waals surface area contributed by atoms with Crippen LogP contribution in [0.4, 0.5) is 0 Å². The van der Waals surface area contributed by atoms with Crippen LogP contribution in [0.2, 0.25) is 0 Å². The molecule has 2 aliphatic heterocycles. The Morgan fingerprint density at radius 2 is 2.13 bits per heavy atom. The third-order valence-corrected chi connectivity index (χ3v) is 4.74. The lowest BCUT2D eigenvalue weighted by atomic mass is 9.84. The maximum Gasteiger partial charge on any atom is 0.0127 e. The van der Waals surface area contributed by atoms with Gasteiger partial charge in [-0.1, -0.05) is 19.9 Å². The van der Waals surface area contributed by atoms with Crippen molar-refractivity contribution < 1.29 is 0 Å². The van der Waals surface area contributed by atoms with E-state index in [-0.39, 0.29) is 0 Å². The maximum absolute atomic E-state index is 3.82. The third kappa shape index (κ3) is 2.13. The van der Waals surface area contributed by atoms with E-state index in [1.807, 2.05) is 0 Å². The summed E-state index contributed by atoms with van der Waals surface area (Å²) in [6.45, 7) is 10.1. The Balaban J connectivity index is 1.84. The molecule has 2 rings (SSSR count). The fourth-order valence-electron chi connectivity index (χ4n) is 3.32. The Hall–Kier alpha value is -0.300. The van der Waals surface area contributed by atoms with Crippen LogP contribution in [0.1, 0.15) is 46.0 Å². The van der Waals surface area contributed by atoms with Gasteiger partial charge in [0.05, 0.1) is 0 Å². The van der Waals surface area contributed by atoms with Crippen LogP contribution in [-0.4, -0.2) is 23.5 Å². The van der Waals surface area contributed by atoms with Crippen LogP contribution < -0.4 is 0 Å². The zero-order valence-electron chi connectivity index (χ0n) is 10.3. The summed E-state index contributed by atoms with van der Waals surface area (Å²) in [7, 11) is 0. The predicted octanol–water partition coefficient (Wildman–Crippen LogP) is 3.46. The zero-order chi connectivity index (χ0) is 10.8. The van der Waals surface area contributed by atoms with Gasteiger partial charge in [-0.15, -0.1) is 6.58 Å². The van der Waals surface area contributed by atoms with Crippen LogP contribution in [-0.2, 0) is 0 Å². The number of rotatable bonds is 5. The highest BCUT2D eigenvalue weighted by molar-refractivity contribution is 4.97. The molecule has 0 bridgehead atoms. The van der Waals surface area contributed by atoms with Crippen molar-refractivity contribution in [2.45, 2.75) is 58.0 Å². The first-order valence-electron chi connectivity index (χ1n) is 6.60. The summed E-state index contributed by atoms with van der Waals surface area (Å²) in [5.74, 6) is 1.72. The highest BCUT2D eigenvalue weighted by Gasteiger charge is 2.42. The Labute approximate surface area is 94.5 Å². The summed E-state index contributed by atoms with van der Waals surface area (Å²) in [6, 6.07) is 1.85. The van der Waals surface area contributed by atoms with E-state index in [0.717, 1.165) is 23.9 Å². The van der Waals surface area contributed by atoms with Crippen LogP contribution >= 0.6 is 0 Å². The van der Waals surface area contributed by atoms with E-state index in [1.54, 1.807) is 0 Å². The first-order valence-corrected chi connectivity index (χ1v) is 6.60. The van der Waals surface area contributed by atoms with Crippen molar-refractivity contribution in [1.29, 1.82) is 0 Å². The van der Waals surface area contributed by atoms with Crippen molar-refractivity contribution in [2.24, 2.45) is 11.8 Å². The summed E-state index contributed by atoms with van der Waals surface area (Å²) in [5.41, 5.74) is 0. The molecule has 0 aromatic carbocycles. The predicted molar refractivity (Wildman–Crippen MR) is 65.9 cm³/mol. The molecule has 0 spiro atoms. The van der Waals surface area contributed by atoms with E-state index in [9.17, 15) is 0 Å². The average Bonchev–Trinajstić information content (AvgIpc) is 2.49. The normalized spacial score (nSPS) is 34.3. The van der Waals surface area contributed by atoms with Gasteiger partial charge in [0, 0.05) is 18.6 Å². The second-order valence-corrected chi connectivity index (χ2v) is 5.53. The summed E-state index contributed by atoms with van der Waals surface area (Å²) in [6.07, 6.45) is 8.93. The van der Waals surface area contributed by atoms with Crippen LogP contribution in [0.5, 0.6) is 0 Å². The average molecular weight is 207 g/mol. The summed E-state index contributed by atoms with van der Waals surface area (Å²) in [5, 5.41) is 0. The lowest BCUT2D eigenvalue weighted by Gasteiger charge is -2.42. The molecular weight excluding hydrogens is 182 g/mol. The van der Waals surface area contributed by atoms with Crippen molar-refractivity contribution in [1.82, 2.24) is 4.90 Å². The molecule has 1 nitrogen and oxygen atoms in total. The molecule has 4 unspecified atom stereocenters. The topological polar surface area (TPSA) is 3.24 Å². The molecule has 0 aromatic rings. The molecule has 0 N–H and O–H groups in total. The Morgan fingerprint density at radius 3 is 2.67 bits per heavy atom. The summed E-state index contributed by atoms with van der Waals surface area (Å²) >= 11 is 0. The van der Waals surface area contributed by atoms with E-state index in [4.69, 9.17) is 0 Å². The second-order valence-electron chi connectivity index (χ2n) is 5.53. The fraction of sp³-hybridized carbons (Fsp3) is 0.857. The van der Waals surface area contributed by atoms with Gasteiger partial charge in [-0.2, -0.15) is 0 Å². The number of hydrogen-bond acceptors (Lipinski definition) is 1. The van der Waals surface area contributed by atoms with Crippen LogP contribution in [0.15, 0.2) is 12.7 Å². The van der Waals surface area contributed by atoms with Gasteiger partial charge >= 0.3 is 0 Å². The standard InChI is InChI=1S/C14H25N/c1-4-5-6-11(2)12(3)14-8-7-13-9-10-15(13)14/h4,11-14H,1,5-10H2,2-3H3. The minimum Gasteiger partial charge on any atom is -0.297 e. The van der Waals surface area contributed by atoms with Gasteiger partial charge in [0.15, 0.2) is 0 Å². The van der Waals surface area contributed by atoms with E-state index >= 15 is 0 Å². The van der Waals surface area contributed by atoms with Crippen molar-refractivity contribution in [3.05, 3.63) is 12.7 Å². The summed E-state index contributed by atoms with van der Waals surface area (Å²) in [4.78, 5) is 2.76. The lowest BCUT2D eigenvalue weighted by Crippen LogP contribution is -2.50. The SMILES string of the molecule is C=CCCC(C)C(C)C1CCC2CCN21. The highest BCUT2D eigenvalue weighted by Crippen LogP contribution is 2.39. The summed E-state index contributed by atoms with van der Waals surface area (Å²) < 4.78 is 0. The van der Waals surface area contributed by atoms with Crippen molar-refractivity contribution in [3.8, 4) is 0 Å². The van der Waals surface area contributed by atoms with Crippen LogP contribution in [0.25, 0.3) is 0 Å². The first-order chi connectivity index (χ1) is 7.24. The molecule has 0 amide bonds. The molecule has 0 aromatic heterocycles. The number of allylic oxidation sites excluding steroid dienone is 1. The van der Waals surface area contributed by atoms with Gasteiger partial charge in [-0.3, -0.25) is 4.90 Å². The van der Waals surface area contributed by atoms with E-state index < -0.39 is 0 Å². The van der Waals surface area contributed by atoms with Gasteiger partial charge in [0.25, 0.3) is 0 Å². The Bertz CT molecular complexity index is 223. The first kappa shape index (κ1) is 11.2. The van der Waals surface area contributed by atoms with E-state index in [0.29, 0.717) is 0 Å². The van der Waals surface area contributed by atoms with E-state index in [2.05, 4.69) is 31.4 Å². The fourth-order valence-corrected chi connectivity index (χ4v) is 3.32. The van der Waals surface area contributed by atoms with Crippen molar-refractivity contribution >= 4 is 0 Å². The molecule has 15 heavy (non-hydrogen) atoms. The van der Waals surface area contributed by atoms with Gasteiger partial charge in [-0.25, -0.2) is 0 Å². The number of fused-ring (bicyclic) bond motifs is 1. The highest BCUT2D eigenvalue weighted by atomic mass is 15.3. The van der Waals surface area contributed by atoms with Crippen LogP contribution in [0.3, 0.4) is 0 Å². The maximum atomic E-state index is 3.82. The molecule has 0 aliphatic carbocycles. The zero-order valence-corrected chi connectivity index (χ0v) is 10.3. The van der Waals surface area contributed by atoms with Gasteiger partial charge in [0.2, 0.25) is 0 Å². The molecule has 2 aliphatic rings. The smallest absolute Gasteiger partial charge is 0.0127 e. The molecule has 2 heterocycles. The van der Waals surface area contributed by atoms with Crippen molar-refractivity contribution in [3.63, 3.8) is 0 Å². The Kier molecular flexibility index (Phi) is 3.50. The number of nitrogens with zero attached hydrogens (tertiary/aromatic N) is 1. The van der Waals surface area contributed by atoms with Gasteiger partial charge in [0.1, 0.15) is 0 Å². The molecular formula is C14H25N. The van der Waals surface area contributed by atoms with Gasteiger partial charge in [-0.05, 0) is 43.9 Å². The lowest BCUT2D eigenvalue weighted by molar-refractivity contribution is 0.0551. The number of hydrogen-bond donors (Lipinski definition) is 0. The minimum absolute atomic E-state index is 0.854. The van der Waals surface area contributed by atoms with Gasteiger partial charge < -0.3 is 0 Å². The molecule has 86 valence electrons. The second kappa shape index (κ2) is 4.69. The molecule has 1 heteroatoms. The third-order valence-electron chi connectivity index (χ3n) is 4.74. The quantitative estimate of drug-likeness (QED) is 0.624. The molecule has 0 radical (unpaired) electrons. The molecule has 4 atom stereocenters. The van der Waals surface area contributed by atoms with Crippen molar-refractivity contribution in [2.75, 3.05) is 6.54 Å². The van der Waals surface area contributed by atoms with Crippen LogP contribution in [0, 0.1) is 11.8 Å².